The highest BCUT2D eigenvalue weighted by Crippen LogP contribution is 2.09. The third-order valence-corrected chi connectivity index (χ3v) is 1.97. The van der Waals surface area contributed by atoms with Crippen LogP contribution >= 0.6 is 0 Å². The highest BCUT2D eigenvalue weighted by atomic mass is 28.4. The molecule has 0 saturated heterocycles. The maximum absolute atomic E-state index is 5.60. The Hall–Kier alpha value is -0.903. The van der Waals surface area contributed by atoms with Crippen molar-refractivity contribution in [3.8, 4) is 6.01 Å². The van der Waals surface area contributed by atoms with E-state index in [2.05, 4.69) is 29.6 Å². The predicted octanol–water partition coefficient (Wildman–Crippen LogP) is 2.00. The minimum Gasteiger partial charge on any atom is -0.518 e. The number of aromatic nitrogens is 2. The van der Waals surface area contributed by atoms with Crippen LogP contribution in [0, 0.1) is 6.92 Å². The van der Waals surface area contributed by atoms with Crippen molar-refractivity contribution in [2.75, 3.05) is 0 Å². The van der Waals surface area contributed by atoms with E-state index >= 15 is 0 Å². The van der Waals surface area contributed by atoms with Gasteiger partial charge >= 0.3 is 6.01 Å². The highest BCUT2D eigenvalue weighted by molar-refractivity contribution is 6.70. The molecule has 0 N–H and O–H groups in total. The van der Waals surface area contributed by atoms with Gasteiger partial charge in [-0.05, 0) is 32.6 Å². The van der Waals surface area contributed by atoms with Gasteiger partial charge in [-0.3, -0.25) is 0 Å². The van der Waals surface area contributed by atoms with Gasteiger partial charge in [0, 0.05) is 11.9 Å². The first kappa shape index (κ1) is 9.19. The summed E-state index contributed by atoms with van der Waals surface area (Å²) >= 11 is 0. The van der Waals surface area contributed by atoms with Crippen molar-refractivity contribution >= 4 is 8.32 Å². The average Bonchev–Trinajstić information content (AvgIpc) is 1.82. The topological polar surface area (TPSA) is 35.0 Å². The number of hydrogen-bond donors (Lipinski definition) is 0. The number of aryl methyl sites for hydroxylation is 1. The molecular weight excluding hydrogens is 168 g/mol. The first-order chi connectivity index (χ1) is 5.47. The maximum Gasteiger partial charge on any atom is 0.302 e. The molecule has 0 aliphatic rings. The van der Waals surface area contributed by atoms with Crippen molar-refractivity contribution < 1.29 is 4.43 Å². The Morgan fingerprint density at radius 1 is 1.33 bits per heavy atom. The van der Waals surface area contributed by atoms with Crippen LogP contribution in [0.15, 0.2) is 12.3 Å². The summed E-state index contributed by atoms with van der Waals surface area (Å²) in [6, 6.07) is 2.37. The van der Waals surface area contributed by atoms with Gasteiger partial charge in [0.05, 0.1) is 0 Å². The minimum absolute atomic E-state index is 0.508. The fourth-order valence-corrected chi connectivity index (χ4v) is 1.40. The largest absolute Gasteiger partial charge is 0.518 e. The van der Waals surface area contributed by atoms with Gasteiger partial charge in [0.15, 0.2) is 0 Å². The van der Waals surface area contributed by atoms with Crippen molar-refractivity contribution in [2.45, 2.75) is 26.6 Å². The zero-order chi connectivity index (χ0) is 9.19. The summed E-state index contributed by atoms with van der Waals surface area (Å²) in [5.41, 5.74) is 0.943. The lowest BCUT2D eigenvalue weighted by Crippen LogP contribution is -2.30. The van der Waals surface area contributed by atoms with Crippen LogP contribution in [0.4, 0.5) is 0 Å². The molecule has 12 heavy (non-hydrogen) atoms. The van der Waals surface area contributed by atoms with E-state index in [9.17, 15) is 0 Å². The number of nitrogens with zero attached hydrogens (tertiary/aromatic N) is 2. The molecule has 0 aliphatic heterocycles. The van der Waals surface area contributed by atoms with E-state index in [1.54, 1.807) is 6.20 Å². The summed E-state index contributed by atoms with van der Waals surface area (Å²) in [4.78, 5) is 8.19. The Kier molecular flexibility index (Phi) is 2.47. The summed E-state index contributed by atoms with van der Waals surface area (Å²) in [5.74, 6) is 0. The van der Waals surface area contributed by atoms with E-state index in [4.69, 9.17) is 4.43 Å². The summed E-state index contributed by atoms with van der Waals surface area (Å²) in [6.07, 6.45) is 1.72. The monoisotopic (exact) mass is 182 g/mol. The van der Waals surface area contributed by atoms with Crippen LogP contribution in [0.2, 0.25) is 19.6 Å². The molecule has 66 valence electrons. The Morgan fingerprint density at radius 3 is 2.50 bits per heavy atom. The average molecular weight is 182 g/mol. The predicted molar refractivity (Wildman–Crippen MR) is 50.7 cm³/mol. The van der Waals surface area contributed by atoms with Crippen LogP contribution in [0.25, 0.3) is 0 Å². The molecule has 0 aliphatic carbocycles. The summed E-state index contributed by atoms with van der Waals surface area (Å²) in [5, 5.41) is 0. The van der Waals surface area contributed by atoms with Crippen LogP contribution in [-0.4, -0.2) is 18.3 Å². The number of rotatable bonds is 2. The van der Waals surface area contributed by atoms with Gasteiger partial charge in [-0.1, -0.05) is 0 Å². The highest BCUT2D eigenvalue weighted by Gasteiger charge is 2.17. The van der Waals surface area contributed by atoms with Crippen LogP contribution in [0.5, 0.6) is 6.01 Å². The molecule has 4 heteroatoms. The first-order valence-corrected chi connectivity index (χ1v) is 7.37. The second kappa shape index (κ2) is 3.22. The Labute approximate surface area is 73.9 Å². The quantitative estimate of drug-likeness (QED) is 0.656. The second-order valence-corrected chi connectivity index (χ2v) is 8.12. The van der Waals surface area contributed by atoms with Gasteiger partial charge in [0.2, 0.25) is 8.32 Å². The lowest BCUT2D eigenvalue weighted by Gasteiger charge is -2.16. The van der Waals surface area contributed by atoms with Crippen LogP contribution in [0.3, 0.4) is 0 Å². The molecule has 1 rings (SSSR count). The fraction of sp³-hybridized carbons (Fsp3) is 0.500. The smallest absolute Gasteiger partial charge is 0.302 e. The molecule has 1 heterocycles. The van der Waals surface area contributed by atoms with Crippen molar-refractivity contribution in [1.82, 2.24) is 9.97 Å². The molecule has 0 fully saturated rings. The van der Waals surface area contributed by atoms with Crippen molar-refractivity contribution in [3.63, 3.8) is 0 Å². The second-order valence-electron chi connectivity index (χ2n) is 3.70. The van der Waals surface area contributed by atoms with Crippen molar-refractivity contribution in [2.24, 2.45) is 0 Å². The molecule has 0 atom stereocenters. The van der Waals surface area contributed by atoms with Gasteiger partial charge in [-0.2, -0.15) is 0 Å². The van der Waals surface area contributed by atoms with Gasteiger partial charge in [-0.25, -0.2) is 9.97 Å². The lowest BCUT2D eigenvalue weighted by molar-refractivity contribution is 0.507. The van der Waals surface area contributed by atoms with Crippen LogP contribution in [-0.2, 0) is 0 Å². The summed E-state index contributed by atoms with van der Waals surface area (Å²) in [6.45, 7) is 8.26. The summed E-state index contributed by atoms with van der Waals surface area (Å²) < 4.78 is 5.60. The third kappa shape index (κ3) is 3.00. The van der Waals surface area contributed by atoms with E-state index in [1.807, 2.05) is 13.0 Å². The molecule has 0 spiro atoms. The van der Waals surface area contributed by atoms with Gasteiger partial charge < -0.3 is 4.43 Å². The number of hydrogen-bond acceptors (Lipinski definition) is 3. The van der Waals surface area contributed by atoms with E-state index < -0.39 is 8.32 Å². The zero-order valence-electron chi connectivity index (χ0n) is 7.96. The minimum atomic E-state index is -1.55. The van der Waals surface area contributed by atoms with Crippen LogP contribution in [0.1, 0.15) is 5.69 Å². The molecule has 0 aromatic carbocycles. The van der Waals surface area contributed by atoms with Crippen molar-refractivity contribution in [3.05, 3.63) is 18.0 Å². The van der Waals surface area contributed by atoms with E-state index in [0.717, 1.165) is 5.69 Å². The van der Waals surface area contributed by atoms with Gasteiger partial charge in [0.1, 0.15) is 0 Å². The fourth-order valence-electron chi connectivity index (χ4n) is 0.749. The normalized spacial score (nSPS) is 11.3. The molecule has 0 bridgehead atoms. The van der Waals surface area contributed by atoms with Crippen molar-refractivity contribution in [1.29, 1.82) is 0 Å². The molecule has 0 amide bonds. The Morgan fingerprint density at radius 2 is 2.00 bits per heavy atom. The molecule has 0 unspecified atom stereocenters. The Bertz CT molecular complexity index is 270. The van der Waals surface area contributed by atoms with E-state index in [-0.39, 0.29) is 0 Å². The third-order valence-electron chi connectivity index (χ3n) is 1.17. The Balaban J connectivity index is 2.77. The molecular formula is C8H14N2OSi. The van der Waals surface area contributed by atoms with Gasteiger partial charge in [0.25, 0.3) is 0 Å². The zero-order valence-corrected chi connectivity index (χ0v) is 8.96. The van der Waals surface area contributed by atoms with Crippen LogP contribution < -0.4 is 4.43 Å². The molecule has 0 saturated carbocycles. The van der Waals surface area contributed by atoms with Gasteiger partial charge in [-0.15, -0.1) is 0 Å². The molecule has 3 nitrogen and oxygen atoms in total. The summed E-state index contributed by atoms with van der Waals surface area (Å²) in [7, 11) is -1.55. The maximum atomic E-state index is 5.60. The molecule has 0 radical (unpaired) electrons. The molecule has 1 aromatic rings. The van der Waals surface area contributed by atoms with E-state index in [0.29, 0.717) is 6.01 Å². The SMILES string of the molecule is Cc1ccnc(O[Si](C)(C)C)n1. The molecule has 1 aromatic heterocycles. The lowest BCUT2D eigenvalue weighted by atomic mass is 10.5. The van der Waals surface area contributed by atoms with E-state index in [1.165, 1.54) is 0 Å². The first-order valence-electron chi connectivity index (χ1n) is 3.96. The standard InChI is InChI=1S/C8H14N2OSi/c1-7-5-6-9-8(10-7)11-12(2,3)4/h5-6H,1-4H3.